The van der Waals surface area contributed by atoms with E-state index < -0.39 is 157 Å². The number of nitrogens with two attached hydrogens (primary N) is 7. The van der Waals surface area contributed by atoms with Gasteiger partial charge in [0.2, 0.25) is 59.1 Å². The van der Waals surface area contributed by atoms with Crippen molar-refractivity contribution in [2.45, 2.75) is 177 Å². The van der Waals surface area contributed by atoms with Crippen molar-refractivity contribution in [3.8, 4) is 0 Å². The maximum absolute atomic E-state index is 14.1. The fraction of sp³-hybridized carbons (Fsp3) is 0.723. The number of amides is 10. The van der Waals surface area contributed by atoms with E-state index in [-0.39, 0.29) is 76.5 Å². The lowest BCUT2D eigenvalue weighted by molar-refractivity contribution is -0.143. The van der Waals surface area contributed by atoms with Gasteiger partial charge in [-0.15, -0.1) is 0 Å². The fourth-order valence-electron chi connectivity index (χ4n) is 7.33. The topological polar surface area (TPSA) is 596 Å². The highest BCUT2D eigenvalue weighted by Gasteiger charge is 2.37. The molecule has 0 heterocycles. The molecule has 462 valence electrons. The number of aliphatic carboxylic acids is 1. The number of primary amides is 1. The number of hydrogen-bond donors (Lipinski definition) is 21. The average Bonchev–Trinajstić information content (AvgIpc) is 3.38. The number of carboxylic acid groups (broad SMARTS) is 1. The zero-order valence-corrected chi connectivity index (χ0v) is 46.7. The number of rotatable bonds is 42. The number of unbranched alkanes of at least 4 members (excludes halogenated alkanes) is 2. The lowest BCUT2D eigenvalue weighted by Gasteiger charge is -2.29. The van der Waals surface area contributed by atoms with Crippen LogP contribution >= 0.6 is 0 Å². The molecule has 34 nitrogen and oxygen atoms in total. The number of carbonyl (C=O) groups is 11. The Hall–Kier alpha value is -7.53. The Balaban J connectivity index is 6.68. The van der Waals surface area contributed by atoms with Crippen LogP contribution in [0.15, 0.2) is 9.98 Å². The lowest BCUT2D eigenvalue weighted by atomic mass is 10.0. The molecule has 0 saturated heterocycles. The van der Waals surface area contributed by atoms with E-state index in [4.69, 9.17) is 40.1 Å². The van der Waals surface area contributed by atoms with Crippen molar-refractivity contribution < 1.29 is 73.2 Å². The first-order chi connectivity index (χ1) is 38.0. The summed E-state index contributed by atoms with van der Waals surface area (Å²) in [5.74, 6) is -11.8. The van der Waals surface area contributed by atoms with Crippen LogP contribution < -0.4 is 93.3 Å². The average molecular weight is 1160 g/mol. The first-order valence-corrected chi connectivity index (χ1v) is 26.4. The van der Waals surface area contributed by atoms with Crippen molar-refractivity contribution in [1.82, 2.24) is 53.2 Å². The van der Waals surface area contributed by atoms with Gasteiger partial charge in [-0.3, -0.25) is 57.9 Å². The molecule has 0 aromatic carbocycles. The van der Waals surface area contributed by atoms with Gasteiger partial charge in [0.25, 0.3) is 0 Å². The molecule has 81 heavy (non-hydrogen) atoms. The Labute approximate surface area is 469 Å². The van der Waals surface area contributed by atoms with Crippen LogP contribution in [0.1, 0.15) is 105 Å². The van der Waals surface area contributed by atoms with Gasteiger partial charge in [-0.2, -0.15) is 0 Å². The van der Waals surface area contributed by atoms with E-state index >= 15 is 0 Å². The number of carbonyl (C=O) groups excluding carboxylic acids is 10. The number of aliphatic hydroxyl groups is 3. The molecule has 0 saturated carbocycles. The molecule has 0 aromatic heterocycles. The summed E-state index contributed by atoms with van der Waals surface area (Å²) in [6, 6.07) is -15.1. The quantitative estimate of drug-likeness (QED) is 0.0153. The predicted octanol–water partition coefficient (Wildman–Crippen LogP) is -9.55. The number of hydrogen-bond acceptors (Lipinski definition) is 19. The third kappa shape index (κ3) is 30.6. The molecule has 34 heteroatoms. The summed E-state index contributed by atoms with van der Waals surface area (Å²) in [4.78, 5) is 154. The minimum absolute atomic E-state index is 0.0125. The van der Waals surface area contributed by atoms with Crippen molar-refractivity contribution in [3.63, 3.8) is 0 Å². The van der Waals surface area contributed by atoms with Gasteiger partial charge in [-0.1, -0.05) is 0 Å². The highest BCUT2D eigenvalue weighted by molar-refractivity contribution is 5.99. The number of nitrogens with one attached hydrogen (secondary N) is 10. The van der Waals surface area contributed by atoms with Crippen LogP contribution in [0, 0.1) is 0 Å². The molecule has 0 fully saturated rings. The Bertz CT molecular complexity index is 2130. The van der Waals surface area contributed by atoms with Gasteiger partial charge >= 0.3 is 5.97 Å². The predicted molar refractivity (Wildman–Crippen MR) is 294 cm³/mol. The van der Waals surface area contributed by atoms with Gasteiger partial charge < -0.3 is 114 Å². The zero-order chi connectivity index (χ0) is 61.9. The van der Waals surface area contributed by atoms with Crippen LogP contribution in [0.5, 0.6) is 0 Å². The van der Waals surface area contributed by atoms with Crippen LogP contribution in [-0.2, 0) is 52.7 Å². The van der Waals surface area contributed by atoms with Crippen LogP contribution in [0.2, 0.25) is 0 Å². The van der Waals surface area contributed by atoms with Crippen molar-refractivity contribution in [2.75, 3.05) is 39.8 Å². The van der Waals surface area contributed by atoms with E-state index in [0.29, 0.717) is 25.8 Å². The van der Waals surface area contributed by atoms with Crippen LogP contribution in [0.4, 0.5) is 0 Å². The van der Waals surface area contributed by atoms with E-state index in [2.05, 4.69) is 63.2 Å². The summed E-state index contributed by atoms with van der Waals surface area (Å²) in [5.41, 5.74) is 38.3. The fourth-order valence-corrected chi connectivity index (χ4v) is 7.33. The normalized spacial score (nSPS) is 15.4. The molecule has 0 aliphatic heterocycles. The molecule has 12 atom stereocenters. The third-order valence-corrected chi connectivity index (χ3v) is 11.9. The van der Waals surface area contributed by atoms with Crippen molar-refractivity contribution >= 4 is 77.0 Å². The van der Waals surface area contributed by atoms with Crippen LogP contribution in [0.3, 0.4) is 0 Å². The Kier molecular flexibility index (Phi) is 36.1. The van der Waals surface area contributed by atoms with Crippen molar-refractivity contribution in [1.29, 1.82) is 0 Å². The zero-order valence-electron chi connectivity index (χ0n) is 46.7. The Morgan fingerprint density at radius 1 is 0.457 bits per heavy atom. The third-order valence-electron chi connectivity index (χ3n) is 11.9. The van der Waals surface area contributed by atoms with Crippen molar-refractivity contribution in [2.24, 2.45) is 50.1 Å². The van der Waals surface area contributed by atoms with E-state index in [1.807, 2.05) is 0 Å². The number of guanidine groups is 2. The second kappa shape index (κ2) is 39.8. The minimum atomic E-state index is -1.86. The molecule has 0 radical (unpaired) electrons. The van der Waals surface area contributed by atoms with Gasteiger partial charge in [0.05, 0.1) is 24.9 Å². The molecule has 10 amide bonds. The van der Waals surface area contributed by atoms with E-state index in [9.17, 15) is 73.2 Å². The van der Waals surface area contributed by atoms with Gasteiger partial charge in [0.15, 0.2) is 11.9 Å². The summed E-state index contributed by atoms with van der Waals surface area (Å²) < 4.78 is 0. The van der Waals surface area contributed by atoms with Gasteiger partial charge in [0.1, 0.15) is 54.4 Å². The van der Waals surface area contributed by atoms with Crippen LogP contribution in [0.25, 0.3) is 0 Å². The maximum Gasteiger partial charge on any atom is 0.328 e. The molecule has 0 aliphatic rings. The molecule has 0 rings (SSSR count). The molecule has 0 aliphatic carbocycles. The molecule has 0 spiro atoms. The second-order valence-electron chi connectivity index (χ2n) is 19.1. The Morgan fingerprint density at radius 3 is 1.19 bits per heavy atom. The molecule has 12 unspecified atom stereocenters. The first kappa shape index (κ1) is 73.5. The largest absolute Gasteiger partial charge is 0.480 e. The van der Waals surface area contributed by atoms with E-state index in [1.165, 1.54) is 20.8 Å². The Morgan fingerprint density at radius 2 is 0.815 bits per heavy atom. The number of aliphatic hydroxyl groups excluding tert-OH is 3. The molecular formula is C47H89N19O15. The summed E-state index contributed by atoms with van der Waals surface area (Å²) in [5, 5.41) is 64.7. The molecule has 0 bridgehead atoms. The van der Waals surface area contributed by atoms with Gasteiger partial charge in [-0.25, -0.2) is 4.79 Å². The van der Waals surface area contributed by atoms with E-state index in [1.54, 1.807) is 7.05 Å². The number of carboxylic acids is 1. The number of nitrogens with zero attached hydrogens (tertiary/aromatic N) is 2. The monoisotopic (exact) mass is 1160 g/mol. The van der Waals surface area contributed by atoms with E-state index in [0.717, 1.165) is 6.92 Å². The van der Waals surface area contributed by atoms with Gasteiger partial charge in [-0.05, 0) is 118 Å². The first-order valence-electron chi connectivity index (χ1n) is 26.4. The smallest absolute Gasteiger partial charge is 0.328 e. The summed E-state index contributed by atoms with van der Waals surface area (Å²) in [7, 11) is 1.68. The molecule has 0 aromatic rings. The summed E-state index contributed by atoms with van der Waals surface area (Å²) in [6.07, 6.45) is -2.82. The molecule has 28 N–H and O–H groups in total. The summed E-state index contributed by atoms with van der Waals surface area (Å²) >= 11 is 0. The summed E-state index contributed by atoms with van der Waals surface area (Å²) in [6.45, 7) is 4.65. The van der Waals surface area contributed by atoms with Crippen LogP contribution in [-0.4, -0.2) is 210 Å². The SMILES string of the molecule is CNCCCCC(NC(=O)C(NC(=O)C(CCCN=C(N)N)NC(=O)C(C)N)C(C)O)C(=O)NC(CCC(N)=O)C(=O)NC(C(=O)NC(C)C(=O)NC(CCCN=C(N)N)C(=O)NC(CCCCN)C(=O)NC(CO)C(=O)O)C(C)O. The highest BCUT2D eigenvalue weighted by Crippen LogP contribution is 2.10. The van der Waals surface area contributed by atoms with Gasteiger partial charge in [0, 0.05) is 19.5 Å². The second-order valence-corrected chi connectivity index (χ2v) is 19.1. The minimum Gasteiger partial charge on any atom is -0.480 e. The van der Waals surface area contributed by atoms with Crippen molar-refractivity contribution in [3.05, 3.63) is 0 Å². The number of aliphatic imine (C=N–C) groups is 2. The maximum atomic E-state index is 14.1. The lowest BCUT2D eigenvalue weighted by Crippen LogP contribution is -2.62. The molecular weight excluding hydrogens is 1070 g/mol. The highest BCUT2D eigenvalue weighted by atomic mass is 16.4. The standard InChI is InChI=1S/C47H89N19O15/c1-23(49)36(71)59-30(15-11-21-57-47(53)54)41(76)66-35(26(4)69)44(79)63-28(13-7-9-19-55-5)38(73)62-31(16-17-33(50)70)42(77)65-34(25(3)68)43(78)58-24(2)37(72)60-29(14-10-20-56-46(51)52)39(74)61-27(12-6-8-18-48)40(75)64-32(22-67)45(80)81/h23-32,34-35,55,67-69H,6-22,48-49H2,1-5H3,(H2,50,70)(H,58,78)(H,59,71)(H,60,72)(H,61,74)(H,62,73)(H,63,79)(H,64,75)(H,65,77)(H,66,76)(H,80,81)(H4,51,52,56)(H4,53,54,57).